The van der Waals surface area contributed by atoms with Crippen LogP contribution in [-0.4, -0.2) is 18.8 Å². The van der Waals surface area contributed by atoms with Crippen LogP contribution in [0.3, 0.4) is 0 Å². The second-order valence-corrected chi connectivity index (χ2v) is 7.60. The summed E-state index contributed by atoms with van der Waals surface area (Å²) in [5.41, 5.74) is 1.80. The molecule has 1 N–H and O–H groups in total. The highest BCUT2D eigenvalue weighted by atomic mass is 32.2. The van der Waals surface area contributed by atoms with Crippen LogP contribution in [0.15, 0.2) is 59.5 Å². The highest BCUT2D eigenvalue weighted by Crippen LogP contribution is 2.35. The Kier molecular flexibility index (Phi) is 3.83. The van der Waals surface area contributed by atoms with Gasteiger partial charge in [-0.2, -0.15) is 0 Å². The molecule has 2 aromatic rings. The van der Waals surface area contributed by atoms with Crippen LogP contribution >= 0.6 is 0 Å². The molecule has 21 heavy (non-hydrogen) atoms. The number of hydrogen-bond donors (Lipinski definition) is 1. The first kappa shape index (κ1) is 14.3. The van der Waals surface area contributed by atoms with Gasteiger partial charge in [0, 0.05) is 0 Å². The molecule has 2 unspecified atom stereocenters. The second kappa shape index (κ2) is 5.62. The Balaban J connectivity index is 2.03. The molecule has 1 aliphatic rings. The lowest BCUT2D eigenvalue weighted by atomic mass is 10.0. The molecule has 0 aromatic heterocycles. The predicted octanol–water partition coefficient (Wildman–Crippen LogP) is 2.90. The minimum atomic E-state index is -3.53. The number of aryl methyl sites for hydroxylation is 1. The Morgan fingerprint density at radius 1 is 0.952 bits per heavy atom. The Labute approximate surface area is 125 Å². The van der Waals surface area contributed by atoms with Gasteiger partial charge in [0.25, 0.3) is 0 Å². The van der Waals surface area contributed by atoms with Gasteiger partial charge in [0.1, 0.15) is 0 Å². The molecule has 2 aromatic carbocycles. The number of aliphatic hydroxyl groups is 1. The van der Waals surface area contributed by atoms with Crippen molar-refractivity contribution < 1.29 is 13.5 Å². The van der Waals surface area contributed by atoms with Gasteiger partial charge < -0.3 is 5.11 Å². The number of benzene rings is 2. The molecule has 0 bridgehead atoms. The van der Waals surface area contributed by atoms with Gasteiger partial charge in [0.2, 0.25) is 0 Å². The molecule has 0 saturated carbocycles. The fourth-order valence-corrected chi connectivity index (χ4v) is 4.86. The quantitative estimate of drug-likeness (QED) is 0.868. The highest BCUT2D eigenvalue weighted by molar-refractivity contribution is 7.92. The van der Waals surface area contributed by atoms with Crippen LogP contribution in [0.25, 0.3) is 0 Å². The molecule has 110 valence electrons. The van der Waals surface area contributed by atoms with Crippen molar-refractivity contribution >= 4 is 9.84 Å². The van der Waals surface area contributed by atoms with E-state index >= 15 is 0 Å². The van der Waals surface area contributed by atoms with Crippen LogP contribution in [0.4, 0.5) is 0 Å². The zero-order chi connectivity index (χ0) is 14.9. The molecule has 2 atom stereocenters. The average Bonchev–Trinajstić information content (AvgIpc) is 2.68. The number of sulfone groups is 1. The molecule has 3 rings (SSSR count). The molecule has 0 heterocycles. The monoisotopic (exact) mass is 302 g/mol. The molecule has 1 aliphatic carbocycles. The molecular weight excluding hydrogens is 284 g/mol. The molecule has 0 saturated heterocycles. The summed E-state index contributed by atoms with van der Waals surface area (Å²) in [5, 5.41) is 9.84. The van der Waals surface area contributed by atoms with E-state index in [1.807, 2.05) is 24.3 Å². The third kappa shape index (κ3) is 2.61. The standard InChI is InChI=1S/C17H18O3S/c18-17-15-11-5-4-7-13(15)8-6-12-16(17)21(19,20)14-9-2-1-3-10-14/h1-5,7,9-11,16-18H,6,8,12H2. The van der Waals surface area contributed by atoms with Crippen LogP contribution in [0.5, 0.6) is 0 Å². The number of rotatable bonds is 2. The maximum atomic E-state index is 12.8. The summed E-state index contributed by atoms with van der Waals surface area (Å²) >= 11 is 0. The first-order chi connectivity index (χ1) is 10.1. The number of fused-ring (bicyclic) bond motifs is 1. The van der Waals surface area contributed by atoms with Crippen molar-refractivity contribution in [1.29, 1.82) is 0 Å². The topological polar surface area (TPSA) is 54.4 Å². The second-order valence-electron chi connectivity index (χ2n) is 5.43. The van der Waals surface area contributed by atoms with Crippen molar-refractivity contribution in [2.45, 2.75) is 35.5 Å². The Morgan fingerprint density at radius 2 is 1.62 bits per heavy atom. The molecule has 0 spiro atoms. The Hall–Kier alpha value is -1.65. The van der Waals surface area contributed by atoms with Crippen molar-refractivity contribution in [3.8, 4) is 0 Å². The van der Waals surface area contributed by atoms with Gasteiger partial charge in [-0.1, -0.05) is 42.5 Å². The van der Waals surface area contributed by atoms with Crippen LogP contribution in [-0.2, 0) is 16.3 Å². The van der Waals surface area contributed by atoms with Crippen LogP contribution in [0, 0.1) is 0 Å². The third-order valence-corrected chi connectivity index (χ3v) is 6.35. The van der Waals surface area contributed by atoms with Gasteiger partial charge in [0.05, 0.1) is 16.2 Å². The predicted molar refractivity (Wildman–Crippen MR) is 81.8 cm³/mol. The van der Waals surface area contributed by atoms with Crippen molar-refractivity contribution in [2.75, 3.05) is 0 Å². The van der Waals surface area contributed by atoms with E-state index in [9.17, 15) is 13.5 Å². The summed E-state index contributed by atoms with van der Waals surface area (Å²) < 4.78 is 25.6. The summed E-state index contributed by atoms with van der Waals surface area (Å²) in [5.74, 6) is 0. The van der Waals surface area contributed by atoms with Crippen molar-refractivity contribution in [1.82, 2.24) is 0 Å². The highest BCUT2D eigenvalue weighted by Gasteiger charge is 2.36. The molecule has 0 amide bonds. The molecule has 3 nitrogen and oxygen atoms in total. The number of aliphatic hydroxyl groups excluding tert-OH is 1. The van der Waals surface area contributed by atoms with Crippen LogP contribution < -0.4 is 0 Å². The van der Waals surface area contributed by atoms with Crippen molar-refractivity contribution in [3.05, 3.63) is 65.7 Å². The van der Waals surface area contributed by atoms with Crippen molar-refractivity contribution in [2.24, 2.45) is 0 Å². The molecule has 0 aliphatic heterocycles. The smallest absolute Gasteiger partial charge is 0.184 e. The SMILES string of the molecule is O=S(=O)(c1ccccc1)C1CCCc2ccccc2C1O. The third-order valence-electron chi connectivity index (χ3n) is 4.13. The molecule has 4 heteroatoms. The van der Waals surface area contributed by atoms with Gasteiger partial charge in [-0.15, -0.1) is 0 Å². The van der Waals surface area contributed by atoms with Gasteiger partial charge in [-0.05, 0) is 42.5 Å². The normalized spacial score (nSPS) is 22.3. The Bertz CT molecular complexity index is 723. The van der Waals surface area contributed by atoms with E-state index in [1.165, 1.54) is 0 Å². The van der Waals surface area contributed by atoms with Crippen molar-refractivity contribution in [3.63, 3.8) is 0 Å². The largest absolute Gasteiger partial charge is 0.387 e. The first-order valence-electron chi connectivity index (χ1n) is 7.15. The first-order valence-corrected chi connectivity index (χ1v) is 8.70. The molecule has 0 fully saturated rings. The summed E-state index contributed by atoms with van der Waals surface area (Å²) in [6, 6.07) is 16.0. The van der Waals surface area contributed by atoms with Crippen LogP contribution in [0.1, 0.15) is 30.1 Å². The molecule has 0 radical (unpaired) electrons. The lowest BCUT2D eigenvalue weighted by molar-refractivity contribution is 0.169. The summed E-state index contributed by atoms with van der Waals surface area (Å²) in [6.45, 7) is 0. The fraction of sp³-hybridized carbons (Fsp3) is 0.294. The summed E-state index contributed by atoms with van der Waals surface area (Å²) in [7, 11) is -3.53. The summed E-state index contributed by atoms with van der Waals surface area (Å²) in [4.78, 5) is 0.286. The fourth-order valence-electron chi connectivity index (χ4n) is 3.01. The van der Waals surface area contributed by atoms with E-state index in [1.54, 1.807) is 30.3 Å². The van der Waals surface area contributed by atoms with E-state index in [0.29, 0.717) is 6.42 Å². The van der Waals surface area contributed by atoms with Gasteiger partial charge >= 0.3 is 0 Å². The van der Waals surface area contributed by atoms with E-state index in [2.05, 4.69) is 0 Å². The van der Waals surface area contributed by atoms with E-state index < -0.39 is 21.2 Å². The number of hydrogen-bond acceptors (Lipinski definition) is 3. The zero-order valence-corrected chi connectivity index (χ0v) is 12.5. The zero-order valence-electron chi connectivity index (χ0n) is 11.6. The van der Waals surface area contributed by atoms with E-state index in [-0.39, 0.29) is 4.90 Å². The van der Waals surface area contributed by atoms with Gasteiger partial charge in [-0.25, -0.2) is 8.42 Å². The van der Waals surface area contributed by atoms with E-state index in [4.69, 9.17) is 0 Å². The molecular formula is C17H18O3S. The van der Waals surface area contributed by atoms with Gasteiger partial charge in [-0.3, -0.25) is 0 Å². The average molecular weight is 302 g/mol. The Morgan fingerprint density at radius 3 is 2.38 bits per heavy atom. The van der Waals surface area contributed by atoms with E-state index in [0.717, 1.165) is 24.0 Å². The lowest BCUT2D eigenvalue weighted by Gasteiger charge is -2.22. The maximum Gasteiger partial charge on any atom is 0.184 e. The maximum absolute atomic E-state index is 12.8. The van der Waals surface area contributed by atoms with Crippen LogP contribution in [0.2, 0.25) is 0 Å². The minimum absolute atomic E-state index is 0.286. The summed E-state index contributed by atoms with van der Waals surface area (Å²) in [6.07, 6.45) is 1.10. The minimum Gasteiger partial charge on any atom is -0.387 e. The lowest BCUT2D eigenvalue weighted by Crippen LogP contribution is -2.28. The van der Waals surface area contributed by atoms with Gasteiger partial charge in [0.15, 0.2) is 9.84 Å².